The number of ether oxygens (including phenoxy) is 4. The van der Waals surface area contributed by atoms with Crippen LogP contribution in [-0.4, -0.2) is 31.3 Å². The van der Waals surface area contributed by atoms with Crippen molar-refractivity contribution < 1.29 is 28.5 Å². The summed E-state index contributed by atoms with van der Waals surface area (Å²) in [5.74, 6) is 0.499. The van der Waals surface area contributed by atoms with E-state index in [1.54, 1.807) is 0 Å². The van der Waals surface area contributed by atoms with E-state index in [0.29, 0.717) is 25.0 Å². The number of allylic oxidation sites excluding steroid dienone is 1. The molecule has 0 spiro atoms. The molecule has 0 bridgehead atoms. The molecular formula is C19H22O6. The van der Waals surface area contributed by atoms with E-state index in [4.69, 9.17) is 14.2 Å². The third-order valence-corrected chi connectivity index (χ3v) is 4.66. The molecule has 0 saturated heterocycles. The molecular weight excluding hydrogens is 324 g/mol. The molecule has 0 amide bonds. The molecule has 1 saturated carbocycles. The Bertz CT molecular complexity index is 663. The Morgan fingerprint density at radius 1 is 1.24 bits per heavy atom. The highest BCUT2D eigenvalue weighted by molar-refractivity contribution is 5.96. The van der Waals surface area contributed by atoms with Crippen LogP contribution in [0.1, 0.15) is 31.7 Å². The van der Waals surface area contributed by atoms with Crippen LogP contribution in [-0.2, 0) is 25.4 Å². The van der Waals surface area contributed by atoms with Gasteiger partial charge in [0.15, 0.2) is 0 Å². The van der Waals surface area contributed by atoms with Gasteiger partial charge in [-0.1, -0.05) is 19.1 Å². The highest BCUT2D eigenvalue weighted by Crippen LogP contribution is 2.35. The van der Waals surface area contributed by atoms with E-state index >= 15 is 0 Å². The first kappa shape index (κ1) is 17.3. The lowest BCUT2D eigenvalue weighted by Crippen LogP contribution is -2.43. The predicted molar refractivity (Wildman–Crippen MR) is 89.0 cm³/mol. The fraction of sp³-hybridized carbons (Fsp3) is 0.474. The summed E-state index contributed by atoms with van der Waals surface area (Å²) in [7, 11) is 1.27. The standard InChI is InChI=1S/C19H22O6/c1-3-12-4-6-13(7-5-12)24-17-11-23-16-10-14(25-19(21)22-2)8-9-15(16)18(17)20/h4-7,11,14-16H,3,8-10H2,1-2H3. The van der Waals surface area contributed by atoms with Crippen molar-refractivity contribution in [3.05, 3.63) is 41.9 Å². The third kappa shape index (κ3) is 3.95. The van der Waals surface area contributed by atoms with Gasteiger partial charge in [0.05, 0.1) is 13.0 Å². The van der Waals surface area contributed by atoms with Gasteiger partial charge in [0.1, 0.15) is 24.2 Å². The maximum atomic E-state index is 12.7. The highest BCUT2D eigenvalue weighted by Gasteiger charge is 2.42. The van der Waals surface area contributed by atoms with E-state index in [1.165, 1.54) is 18.9 Å². The normalized spacial score (nSPS) is 25.3. The van der Waals surface area contributed by atoms with Crippen LogP contribution < -0.4 is 4.74 Å². The van der Waals surface area contributed by atoms with Crippen LogP contribution in [0.3, 0.4) is 0 Å². The second-order valence-corrected chi connectivity index (χ2v) is 6.23. The minimum absolute atomic E-state index is 0.0627. The summed E-state index contributed by atoms with van der Waals surface area (Å²) in [4.78, 5) is 23.9. The van der Waals surface area contributed by atoms with Crippen LogP contribution in [0.25, 0.3) is 0 Å². The van der Waals surface area contributed by atoms with Gasteiger partial charge in [-0.3, -0.25) is 4.79 Å². The van der Waals surface area contributed by atoms with Gasteiger partial charge in [-0.15, -0.1) is 0 Å². The summed E-state index contributed by atoms with van der Waals surface area (Å²) in [6.45, 7) is 2.08. The monoisotopic (exact) mass is 346 g/mol. The molecule has 134 valence electrons. The number of Topliss-reactive ketones (excluding diaryl/α,β-unsaturated/α-hetero) is 1. The van der Waals surface area contributed by atoms with Crippen molar-refractivity contribution in [2.45, 2.75) is 44.8 Å². The molecule has 6 heteroatoms. The quantitative estimate of drug-likeness (QED) is 0.778. The number of benzene rings is 1. The Balaban J connectivity index is 1.63. The summed E-state index contributed by atoms with van der Waals surface area (Å²) in [6.07, 6.45) is 2.68. The molecule has 25 heavy (non-hydrogen) atoms. The average Bonchev–Trinajstić information content (AvgIpc) is 2.64. The Morgan fingerprint density at radius 3 is 2.68 bits per heavy atom. The van der Waals surface area contributed by atoms with Crippen molar-refractivity contribution in [1.82, 2.24) is 0 Å². The van der Waals surface area contributed by atoms with Crippen LogP contribution in [0.5, 0.6) is 5.75 Å². The molecule has 2 aliphatic rings. The summed E-state index contributed by atoms with van der Waals surface area (Å²) >= 11 is 0. The smallest absolute Gasteiger partial charge is 0.493 e. The summed E-state index contributed by atoms with van der Waals surface area (Å²) < 4.78 is 21.1. The van der Waals surface area contributed by atoms with Crippen LogP contribution in [0.4, 0.5) is 4.79 Å². The number of hydrogen-bond donors (Lipinski definition) is 0. The van der Waals surface area contributed by atoms with Crippen molar-refractivity contribution in [3.8, 4) is 5.75 Å². The molecule has 3 unspecified atom stereocenters. The van der Waals surface area contributed by atoms with Crippen molar-refractivity contribution in [2.24, 2.45) is 5.92 Å². The molecule has 3 atom stereocenters. The second kappa shape index (κ2) is 7.59. The molecule has 1 aromatic carbocycles. The van der Waals surface area contributed by atoms with Gasteiger partial charge in [0.25, 0.3) is 0 Å². The lowest BCUT2D eigenvalue weighted by Gasteiger charge is -2.36. The number of rotatable bonds is 4. The van der Waals surface area contributed by atoms with Gasteiger partial charge in [-0.2, -0.15) is 0 Å². The Hall–Kier alpha value is -2.50. The molecule has 3 rings (SSSR count). The SMILES string of the molecule is CCc1ccc(OC2=COC3CC(OC(=O)OC)CCC3C2=O)cc1. The number of methoxy groups -OCH3 is 1. The van der Waals surface area contributed by atoms with Crippen LogP contribution >= 0.6 is 0 Å². The minimum Gasteiger partial charge on any atom is -0.493 e. The molecule has 1 heterocycles. The molecule has 1 aromatic rings. The number of carbonyl (C=O) groups is 2. The van der Waals surface area contributed by atoms with Crippen molar-refractivity contribution in [2.75, 3.05) is 7.11 Å². The summed E-state index contributed by atoms with van der Waals surface area (Å²) in [5, 5.41) is 0. The second-order valence-electron chi connectivity index (χ2n) is 6.23. The Kier molecular flexibility index (Phi) is 5.26. The van der Waals surface area contributed by atoms with Gasteiger partial charge in [-0.25, -0.2) is 4.79 Å². The zero-order chi connectivity index (χ0) is 17.8. The van der Waals surface area contributed by atoms with Gasteiger partial charge < -0.3 is 18.9 Å². The zero-order valence-corrected chi connectivity index (χ0v) is 14.4. The maximum absolute atomic E-state index is 12.7. The van der Waals surface area contributed by atoms with Crippen LogP contribution in [0, 0.1) is 5.92 Å². The highest BCUT2D eigenvalue weighted by atomic mass is 16.7. The van der Waals surface area contributed by atoms with E-state index in [2.05, 4.69) is 11.7 Å². The van der Waals surface area contributed by atoms with Gasteiger partial charge in [0, 0.05) is 6.42 Å². The van der Waals surface area contributed by atoms with E-state index in [-0.39, 0.29) is 29.7 Å². The topological polar surface area (TPSA) is 71.1 Å². The lowest BCUT2D eigenvalue weighted by atomic mass is 9.80. The average molecular weight is 346 g/mol. The number of carbonyl (C=O) groups excluding carboxylic acids is 2. The van der Waals surface area contributed by atoms with Gasteiger partial charge in [0.2, 0.25) is 11.5 Å². The van der Waals surface area contributed by atoms with E-state index in [0.717, 1.165) is 6.42 Å². The molecule has 1 fully saturated rings. The zero-order valence-electron chi connectivity index (χ0n) is 14.4. The van der Waals surface area contributed by atoms with Crippen LogP contribution in [0.15, 0.2) is 36.3 Å². The van der Waals surface area contributed by atoms with Crippen molar-refractivity contribution >= 4 is 11.9 Å². The number of fused-ring (bicyclic) bond motifs is 1. The first-order valence-corrected chi connectivity index (χ1v) is 8.52. The number of ketones is 1. The number of aryl methyl sites for hydroxylation is 1. The molecule has 0 radical (unpaired) electrons. The predicted octanol–water partition coefficient (Wildman–Crippen LogP) is 3.39. The molecule has 1 aliphatic carbocycles. The molecule has 6 nitrogen and oxygen atoms in total. The number of hydrogen-bond acceptors (Lipinski definition) is 6. The maximum Gasteiger partial charge on any atom is 0.508 e. The molecule has 0 aromatic heterocycles. The van der Waals surface area contributed by atoms with Gasteiger partial charge in [-0.05, 0) is 37.0 Å². The van der Waals surface area contributed by atoms with E-state index < -0.39 is 6.16 Å². The Labute approximate surface area is 146 Å². The summed E-state index contributed by atoms with van der Waals surface area (Å²) in [6, 6.07) is 7.64. The van der Waals surface area contributed by atoms with Crippen molar-refractivity contribution in [1.29, 1.82) is 0 Å². The lowest BCUT2D eigenvalue weighted by molar-refractivity contribution is -0.132. The third-order valence-electron chi connectivity index (χ3n) is 4.66. The molecule has 0 N–H and O–H groups in total. The minimum atomic E-state index is -0.708. The van der Waals surface area contributed by atoms with Crippen molar-refractivity contribution in [3.63, 3.8) is 0 Å². The Morgan fingerprint density at radius 2 is 2.00 bits per heavy atom. The van der Waals surface area contributed by atoms with Crippen LogP contribution in [0.2, 0.25) is 0 Å². The molecule has 1 aliphatic heterocycles. The largest absolute Gasteiger partial charge is 0.508 e. The first-order valence-electron chi connectivity index (χ1n) is 8.52. The first-order chi connectivity index (χ1) is 12.1. The fourth-order valence-electron chi connectivity index (χ4n) is 3.22. The van der Waals surface area contributed by atoms with Gasteiger partial charge >= 0.3 is 6.16 Å². The summed E-state index contributed by atoms with van der Waals surface area (Å²) in [5.41, 5.74) is 1.21. The fourth-order valence-corrected chi connectivity index (χ4v) is 3.22. The van der Waals surface area contributed by atoms with E-state index in [9.17, 15) is 9.59 Å². The van der Waals surface area contributed by atoms with E-state index in [1.807, 2.05) is 24.3 Å².